The van der Waals surface area contributed by atoms with E-state index in [0.717, 1.165) is 6.42 Å². The molecule has 5 nitrogen and oxygen atoms in total. The van der Waals surface area contributed by atoms with E-state index in [-0.39, 0.29) is 40.7 Å². The van der Waals surface area contributed by atoms with Crippen molar-refractivity contribution in [1.82, 2.24) is 4.31 Å². The fourth-order valence-corrected chi connectivity index (χ4v) is 4.57. The zero-order valence-corrected chi connectivity index (χ0v) is 13.9. The highest BCUT2D eigenvalue weighted by atomic mass is 35.5. The summed E-state index contributed by atoms with van der Waals surface area (Å²) >= 11 is 12.0. The molecule has 1 heterocycles. The van der Waals surface area contributed by atoms with Gasteiger partial charge in [-0.25, -0.2) is 8.42 Å². The van der Waals surface area contributed by atoms with Gasteiger partial charge in [0.2, 0.25) is 10.0 Å². The molecule has 1 aromatic carbocycles. The van der Waals surface area contributed by atoms with Crippen LogP contribution in [-0.2, 0) is 21.4 Å². The molecule has 1 aliphatic rings. The maximum Gasteiger partial charge on any atom is 0.244 e. The van der Waals surface area contributed by atoms with Gasteiger partial charge in [-0.1, -0.05) is 30.1 Å². The molecule has 21 heavy (non-hydrogen) atoms. The average molecular weight is 354 g/mol. The van der Waals surface area contributed by atoms with Gasteiger partial charge in [0.25, 0.3) is 0 Å². The number of ether oxygens (including phenoxy) is 1. The topological polar surface area (TPSA) is 66.8 Å². The number of morpholine rings is 1. The smallest absolute Gasteiger partial charge is 0.244 e. The van der Waals surface area contributed by atoms with Crippen molar-refractivity contribution >= 4 is 33.2 Å². The van der Waals surface area contributed by atoms with Gasteiger partial charge < -0.3 is 9.84 Å². The van der Waals surface area contributed by atoms with Crippen molar-refractivity contribution in [2.75, 3.05) is 19.7 Å². The van der Waals surface area contributed by atoms with Gasteiger partial charge in [0.1, 0.15) is 4.90 Å². The molecule has 0 amide bonds. The average Bonchev–Trinajstić information content (AvgIpc) is 2.49. The standard InChI is InChI=1S/C13H17Cl2NO4S/c1-2-11-7-16(3-4-20-11)21(18,19)12-6-10(14)5-9(8-17)13(12)15/h5-6,11,17H,2-4,7-8H2,1H3. The van der Waals surface area contributed by atoms with Gasteiger partial charge in [-0.2, -0.15) is 4.31 Å². The SMILES string of the molecule is CCC1CN(S(=O)(=O)c2cc(Cl)cc(CO)c2Cl)CCO1. The molecule has 1 saturated heterocycles. The molecule has 1 unspecified atom stereocenters. The van der Waals surface area contributed by atoms with Crippen molar-refractivity contribution in [3.8, 4) is 0 Å². The lowest BCUT2D eigenvalue weighted by Gasteiger charge is -2.32. The molecule has 1 N–H and O–H groups in total. The summed E-state index contributed by atoms with van der Waals surface area (Å²) < 4.78 is 32.3. The van der Waals surface area contributed by atoms with Crippen molar-refractivity contribution in [2.45, 2.75) is 31.0 Å². The van der Waals surface area contributed by atoms with Gasteiger partial charge in [-0.3, -0.25) is 0 Å². The highest BCUT2D eigenvalue weighted by Crippen LogP contribution is 2.32. The lowest BCUT2D eigenvalue weighted by molar-refractivity contribution is -0.00277. The molecule has 1 aromatic rings. The Morgan fingerprint density at radius 3 is 2.76 bits per heavy atom. The zero-order chi connectivity index (χ0) is 15.6. The number of aliphatic hydroxyl groups is 1. The van der Waals surface area contributed by atoms with E-state index in [2.05, 4.69) is 0 Å². The van der Waals surface area contributed by atoms with E-state index in [9.17, 15) is 13.5 Å². The van der Waals surface area contributed by atoms with E-state index in [4.69, 9.17) is 27.9 Å². The van der Waals surface area contributed by atoms with E-state index in [1.165, 1.54) is 16.4 Å². The van der Waals surface area contributed by atoms with Crippen LogP contribution in [0.15, 0.2) is 17.0 Å². The number of halogens is 2. The van der Waals surface area contributed by atoms with Crippen molar-refractivity contribution < 1.29 is 18.3 Å². The lowest BCUT2D eigenvalue weighted by Crippen LogP contribution is -2.45. The first-order chi connectivity index (χ1) is 9.90. The van der Waals surface area contributed by atoms with Gasteiger partial charge in [-0.15, -0.1) is 0 Å². The summed E-state index contributed by atoms with van der Waals surface area (Å²) in [4.78, 5) is -0.0718. The van der Waals surface area contributed by atoms with Crippen molar-refractivity contribution in [3.63, 3.8) is 0 Å². The number of hydrogen-bond donors (Lipinski definition) is 1. The minimum atomic E-state index is -3.76. The lowest BCUT2D eigenvalue weighted by atomic mass is 10.2. The Morgan fingerprint density at radius 2 is 2.14 bits per heavy atom. The summed E-state index contributed by atoms with van der Waals surface area (Å²) in [6.07, 6.45) is 0.612. The third-order valence-corrected chi connectivity index (χ3v) is 6.09. The second kappa shape index (κ2) is 6.81. The van der Waals surface area contributed by atoms with Crippen LogP contribution in [0.5, 0.6) is 0 Å². The van der Waals surface area contributed by atoms with Crippen LogP contribution in [0.1, 0.15) is 18.9 Å². The Hall–Kier alpha value is -0.370. The predicted octanol–water partition coefficient (Wildman–Crippen LogP) is 2.29. The van der Waals surface area contributed by atoms with Crippen molar-refractivity contribution in [3.05, 3.63) is 27.7 Å². The number of nitrogens with zero attached hydrogens (tertiary/aromatic N) is 1. The molecular weight excluding hydrogens is 337 g/mol. The largest absolute Gasteiger partial charge is 0.392 e. The van der Waals surface area contributed by atoms with Gasteiger partial charge in [0.15, 0.2) is 0 Å². The Labute approximate surface area is 134 Å². The molecule has 1 fully saturated rings. The fourth-order valence-electron chi connectivity index (χ4n) is 2.22. The second-order valence-electron chi connectivity index (χ2n) is 4.80. The molecular formula is C13H17Cl2NO4S. The maximum absolute atomic E-state index is 12.7. The van der Waals surface area contributed by atoms with Crippen LogP contribution in [0.2, 0.25) is 10.0 Å². The third-order valence-electron chi connectivity index (χ3n) is 3.42. The molecule has 2 rings (SSSR count). The molecule has 1 aliphatic heterocycles. The van der Waals surface area contributed by atoms with Crippen LogP contribution in [0.25, 0.3) is 0 Å². The first-order valence-corrected chi connectivity index (χ1v) is 8.80. The Morgan fingerprint density at radius 1 is 1.43 bits per heavy atom. The van der Waals surface area contributed by atoms with Crippen LogP contribution in [0.4, 0.5) is 0 Å². The normalized spacial score (nSPS) is 20.7. The van der Waals surface area contributed by atoms with Crippen LogP contribution >= 0.6 is 23.2 Å². The number of aliphatic hydroxyl groups excluding tert-OH is 1. The monoisotopic (exact) mass is 353 g/mol. The Balaban J connectivity index is 2.42. The van der Waals surface area contributed by atoms with Gasteiger partial charge >= 0.3 is 0 Å². The molecule has 0 aliphatic carbocycles. The van der Waals surface area contributed by atoms with E-state index in [0.29, 0.717) is 12.2 Å². The summed E-state index contributed by atoms with van der Waals surface area (Å²) in [5.74, 6) is 0. The van der Waals surface area contributed by atoms with Crippen LogP contribution < -0.4 is 0 Å². The second-order valence-corrected chi connectivity index (χ2v) is 7.52. The van der Waals surface area contributed by atoms with Crippen LogP contribution in [0.3, 0.4) is 0 Å². The highest BCUT2D eigenvalue weighted by Gasteiger charge is 2.32. The molecule has 0 radical (unpaired) electrons. The minimum absolute atomic E-state index is 0.0152. The number of sulfonamides is 1. The van der Waals surface area contributed by atoms with E-state index < -0.39 is 10.0 Å². The minimum Gasteiger partial charge on any atom is -0.392 e. The Bertz CT molecular complexity index is 621. The molecule has 8 heteroatoms. The fraction of sp³-hybridized carbons (Fsp3) is 0.538. The molecule has 1 atom stereocenters. The summed E-state index contributed by atoms with van der Waals surface area (Å²) in [7, 11) is -3.76. The molecule has 0 saturated carbocycles. The van der Waals surface area contributed by atoms with Crippen LogP contribution in [0, 0.1) is 0 Å². The summed E-state index contributed by atoms with van der Waals surface area (Å²) in [6.45, 7) is 2.48. The molecule has 0 bridgehead atoms. The zero-order valence-electron chi connectivity index (χ0n) is 11.6. The van der Waals surface area contributed by atoms with Crippen molar-refractivity contribution in [1.29, 1.82) is 0 Å². The maximum atomic E-state index is 12.7. The summed E-state index contributed by atoms with van der Waals surface area (Å²) in [5, 5.41) is 9.49. The number of rotatable bonds is 4. The first-order valence-electron chi connectivity index (χ1n) is 6.60. The van der Waals surface area contributed by atoms with Gasteiger partial charge in [0.05, 0.1) is 24.3 Å². The van der Waals surface area contributed by atoms with Gasteiger partial charge in [-0.05, 0) is 24.1 Å². The summed E-state index contributed by atoms with van der Waals surface area (Å²) in [6, 6.07) is 2.77. The summed E-state index contributed by atoms with van der Waals surface area (Å²) in [5.41, 5.74) is 0.294. The van der Waals surface area contributed by atoms with Crippen molar-refractivity contribution in [2.24, 2.45) is 0 Å². The number of hydrogen-bond acceptors (Lipinski definition) is 4. The highest BCUT2D eigenvalue weighted by molar-refractivity contribution is 7.89. The third kappa shape index (κ3) is 3.52. The molecule has 0 aromatic heterocycles. The van der Waals surface area contributed by atoms with E-state index in [1.807, 2.05) is 6.92 Å². The van der Waals surface area contributed by atoms with Crippen LogP contribution in [-0.4, -0.2) is 43.6 Å². The van der Waals surface area contributed by atoms with Gasteiger partial charge in [0, 0.05) is 18.1 Å². The quantitative estimate of drug-likeness (QED) is 0.901. The molecule has 118 valence electrons. The molecule has 0 spiro atoms. The first kappa shape index (κ1) is 17.0. The predicted molar refractivity (Wildman–Crippen MR) is 81.2 cm³/mol. The van der Waals surface area contributed by atoms with E-state index in [1.54, 1.807) is 0 Å². The van der Waals surface area contributed by atoms with E-state index >= 15 is 0 Å². The Kier molecular flexibility index (Phi) is 5.51. The number of benzene rings is 1.